The number of hydrogen-bond acceptors (Lipinski definition) is 3. The molecular weight excluding hydrogens is 236 g/mol. The number of carbonyl (C=O) groups is 1. The van der Waals surface area contributed by atoms with E-state index >= 15 is 0 Å². The van der Waals surface area contributed by atoms with Crippen LogP contribution in [0.15, 0.2) is 34.3 Å². The van der Waals surface area contributed by atoms with Crippen molar-refractivity contribution in [3.63, 3.8) is 0 Å². The SMILES string of the molecule is [N-]=[N+]=NCC1CC(=O)N(c2ccccc2S)C1. The Hall–Kier alpha value is -1.65. The highest BCUT2D eigenvalue weighted by Gasteiger charge is 2.30. The van der Waals surface area contributed by atoms with Gasteiger partial charge in [0.25, 0.3) is 0 Å². The van der Waals surface area contributed by atoms with Crippen LogP contribution in [-0.2, 0) is 4.79 Å². The molecule has 2 rings (SSSR count). The number of nitrogens with zero attached hydrogens (tertiary/aromatic N) is 4. The number of azide groups is 1. The van der Waals surface area contributed by atoms with Crippen LogP contribution in [0.4, 0.5) is 5.69 Å². The lowest BCUT2D eigenvalue weighted by atomic mass is 10.1. The zero-order chi connectivity index (χ0) is 12.3. The molecule has 1 aromatic carbocycles. The molecule has 0 N–H and O–H groups in total. The molecule has 1 aliphatic heterocycles. The Balaban J connectivity index is 2.16. The Morgan fingerprint density at radius 3 is 3.00 bits per heavy atom. The maximum atomic E-state index is 11.9. The second-order valence-corrected chi connectivity index (χ2v) is 4.46. The summed E-state index contributed by atoms with van der Waals surface area (Å²) >= 11 is 4.34. The molecule has 1 aliphatic rings. The van der Waals surface area contributed by atoms with Gasteiger partial charge in [0, 0.05) is 29.3 Å². The zero-order valence-corrected chi connectivity index (χ0v) is 10.0. The van der Waals surface area contributed by atoms with E-state index in [0.29, 0.717) is 19.5 Å². The van der Waals surface area contributed by atoms with Gasteiger partial charge in [0.2, 0.25) is 5.91 Å². The molecule has 0 bridgehead atoms. The summed E-state index contributed by atoms with van der Waals surface area (Å²) in [5, 5.41) is 3.52. The fraction of sp³-hybridized carbons (Fsp3) is 0.364. The summed E-state index contributed by atoms with van der Waals surface area (Å²) in [6, 6.07) is 7.48. The summed E-state index contributed by atoms with van der Waals surface area (Å²) < 4.78 is 0. The smallest absolute Gasteiger partial charge is 0.227 e. The van der Waals surface area contributed by atoms with Gasteiger partial charge in [-0.1, -0.05) is 17.2 Å². The summed E-state index contributed by atoms with van der Waals surface area (Å²) in [5.74, 6) is 0.163. The van der Waals surface area contributed by atoms with Gasteiger partial charge >= 0.3 is 0 Å². The van der Waals surface area contributed by atoms with Crippen LogP contribution in [0.5, 0.6) is 0 Å². The molecule has 5 nitrogen and oxygen atoms in total. The molecule has 88 valence electrons. The molecule has 1 saturated heterocycles. The van der Waals surface area contributed by atoms with Crippen molar-refractivity contribution in [3.05, 3.63) is 34.7 Å². The average molecular weight is 248 g/mol. The molecule has 0 aliphatic carbocycles. The lowest BCUT2D eigenvalue weighted by Crippen LogP contribution is -2.25. The Morgan fingerprint density at radius 1 is 1.53 bits per heavy atom. The van der Waals surface area contributed by atoms with Gasteiger partial charge in [0.05, 0.1) is 5.69 Å². The zero-order valence-electron chi connectivity index (χ0n) is 9.15. The molecule has 6 heteroatoms. The molecule has 17 heavy (non-hydrogen) atoms. The number of thiol groups is 1. The fourth-order valence-electron chi connectivity index (χ4n) is 1.98. The highest BCUT2D eigenvalue weighted by molar-refractivity contribution is 7.80. The highest BCUT2D eigenvalue weighted by atomic mass is 32.1. The van der Waals surface area contributed by atoms with Crippen molar-refractivity contribution in [1.82, 2.24) is 0 Å². The van der Waals surface area contributed by atoms with E-state index in [1.807, 2.05) is 24.3 Å². The highest BCUT2D eigenvalue weighted by Crippen LogP contribution is 2.29. The molecule has 0 radical (unpaired) electrons. The van der Waals surface area contributed by atoms with Crippen molar-refractivity contribution in [3.8, 4) is 0 Å². The average Bonchev–Trinajstić information content (AvgIpc) is 2.68. The second-order valence-electron chi connectivity index (χ2n) is 3.98. The molecule has 1 unspecified atom stereocenters. The number of carbonyl (C=O) groups excluding carboxylic acids is 1. The van der Waals surface area contributed by atoms with E-state index in [1.54, 1.807) is 4.90 Å². The van der Waals surface area contributed by atoms with Gasteiger partial charge in [0.15, 0.2) is 0 Å². The molecule has 0 aromatic heterocycles. The van der Waals surface area contributed by atoms with Crippen LogP contribution < -0.4 is 4.90 Å². The third-order valence-corrected chi connectivity index (χ3v) is 3.16. The summed E-state index contributed by atoms with van der Waals surface area (Å²) in [7, 11) is 0. The van der Waals surface area contributed by atoms with Gasteiger partial charge in [-0.05, 0) is 23.6 Å². The molecule has 0 saturated carbocycles. The first-order valence-corrected chi connectivity index (χ1v) is 5.76. The van der Waals surface area contributed by atoms with Crippen LogP contribution in [0.25, 0.3) is 10.4 Å². The number of benzene rings is 1. The second kappa shape index (κ2) is 5.12. The van der Waals surface area contributed by atoms with Crippen LogP contribution in [0.2, 0.25) is 0 Å². The molecule has 1 heterocycles. The van der Waals surface area contributed by atoms with Crippen LogP contribution >= 0.6 is 12.6 Å². The topological polar surface area (TPSA) is 69.1 Å². The van der Waals surface area contributed by atoms with E-state index in [2.05, 4.69) is 22.7 Å². The lowest BCUT2D eigenvalue weighted by Gasteiger charge is -2.18. The molecule has 1 atom stereocenters. The normalized spacial score (nSPS) is 19.2. The van der Waals surface area contributed by atoms with E-state index in [9.17, 15) is 4.79 Å². The first-order chi connectivity index (χ1) is 8.22. The van der Waals surface area contributed by atoms with Gasteiger partial charge < -0.3 is 4.90 Å². The van der Waals surface area contributed by atoms with Crippen LogP contribution in [0.3, 0.4) is 0 Å². The van der Waals surface area contributed by atoms with E-state index in [4.69, 9.17) is 5.53 Å². The minimum Gasteiger partial charge on any atom is -0.311 e. The summed E-state index contributed by atoms with van der Waals surface area (Å²) in [6.07, 6.45) is 0.432. The molecule has 1 amide bonds. The molecule has 1 aromatic rings. The van der Waals surface area contributed by atoms with Crippen molar-refractivity contribution in [2.24, 2.45) is 11.0 Å². The monoisotopic (exact) mass is 248 g/mol. The van der Waals surface area contributed by atoms with E-state index < -0.39 is 0 Å². The van der Waals surface area contributed by atoms with Crippen LogP contribution in [-0.4, -0.2) is 19.0 Å². The minimum absolute atomic E-state index is 0.0599. The van der Waals surface area contributed by atoms with Crippen molar-refractivity contribution >= 4 is 24.2 Å². The van der Waals surface area contributed by atoms with E-state index in [1.165, 1.54) is 0 Å². The molecule has 1 fully saturated rings. The summed E-state index contributed by atoms with van der Waals surface area (Å²) in [5.41, 5.74) is 9.09. The first-order valence-electron chi connectivity index (χ1n) is 5.31. The van der Waals surface area contributed by atoms with Crippen molar-refractivity contribution < 1.29 is 4.79 Å². The van der Waals surface area contributed by atoms with Gasteiger partial charge in [-0.2, -0.15) is 0 Å². The predicted molar refractivity (Wildman–Crippen MR) is 68.2 cm³/mol. The van der Waals surface area contributed by atoms with Gasteiger partial charge in [-0.3, -0.25) is 4.79 Å². The Morgan fingerprint density at radius 2 is 2.29 bits per heavy atom. The standard InChI is InChI=1S/C11H12N4OS/c12-14-13-6-8-5-11(16)15(7-8)9-3-1-2-4-10(9)17/h1-4,8,17H,5-7H2. The summed E-state index contributed by atoms with van der Waals surface area (Å²) in [4.78, 5) is 17.1. The molecular formula is C11H12N4OS. The van der Waals surface area contributed by atoms with E-state index in [0.717, 1.165) is 10.6 Å². The summed E-state index contributed by atoms with van der Waals surface area (Å²) in [6.45, 7) is 0.961. The predicted octanol–water partition coefficient (Wildman–Crippen LogP) is 2.64. The van der Waals surface area contributed by atoms with Gasteiger partial charge in [0.1, 0.15) is 0 Å². The van der Waals surface area contributed by atoms with Crippen LogP contribution in [0.1, 0.15) is 6.42 Å². The van der Waals surface area contributed by atoms with Gasteiger partial charge in [-0.15, -0.1) is 12.6 Å². The number of para-hydroxylation sites is 1. The van der Waals surface area contributed by atoms with Gasteiger partial charge in [-0.25, -0.2) is 0 Å². The Bertz CT molecular complexity index is 484. The lowest BCUT2D eigenvalue weighted by molar-refractivity contribution is -0.117. The third-order valence-electron chi connectivity index (χ3n) is 2.78. The largest absolute Gasteiger partial charge is 0.311 e. The Kier molecular flexibility index (Phi) is 3.56. The third kappa shape index (κ3) is 2.54. The minimum atomic E-state index is 0.0599. The first kappa shape index (κ1) is 11.8. The number of anilines is 1. The Labute approximate surface area is 104 Å². The van der Waals surface area contributed by atoms with E-state index in [-0.39, 0.29) is 11.8 Å². The molecule has 0 spiro atoms. The maximum Gasteiger partial charge on any atom is 0.227 e. The van der Waals surface area contributed by atoms with Crippen molar-refractivity contribution in [2.75, 3.05) is 18.0 Å². The van der Waals surface area contributed by atoms with Crippen LogP contribution in [0, 0.1) is 5.92 Å². The quantitative estimate of drug-likeness (QED) is 0.380. The number of amides is 1. The maximum absolute atomic E-state index is 11.9. The van der Waals surface area contributed by atoms with Crippen molar-refractivity contribution in [2.45, 2.75) is 11.3 Å². The van der Waals surface area contributed by atoms with Crippen molar-refractivity contribution in [1.29, 1.82) is 0 Å². The fourth-order valence-corrected chi connectivity index (χ4v) is 2.26. The number of hydrogen-bond donors (Lipinski definition) is 1. The number of rotatable bonds is 3.